The largest absolute Gasteiger partial charge is 0.370 e. The molecule has 5 N–H and O–H groups in total. The topological polar surface area (TPSA) is 147 Å². The highest BCUT2D eigenvalue weighted by Crippen LogP contribution is 2.14. The van der Waals surface area contributed by atoms with Gasteiger partial charge in [-0.3, -0.25) is 24.3 Å². The number of ketones is 1. The summed E-state index contributed by atoms with van der Waals surface area (Å²) in [5.74, 6) is -0.702. The lowest BCUT2D eigenvalue weighted by Crippen LogP contribution is -2.57. The molecule has 0 bridgehead atoms. The van der Waals surface area contributed by atoms with Crippen molar-refractivity contribution in [3.05, 3.63) is 16.6 Å². The smallest absolute Gasteiger partial charge is 0.240 e. The van der Waals surface area contributed by atoms with Crippen molar-refractivity contribution in [1.82, 2.24) is 20.1 Å². The number of nitrogens with one attached hydrogen (secondary N) is 1. The zero-order valence-corrected chi connectivity index (χ0v) is 17.7. The van der Waals surface area contributed by atoms with Crippen LogP contribution in [0.5, 0.6) is 0 Å². The Bertz CT molecular complexity index is 734. The summed E-state index contributed by atoms with van der Waals surface area (Å²) in [6.45, 7) is 3.42. The van der Waals surface area contributed by atoms with Crippen LogP contribution in [0.4, 0.5) is 0 Å². The Morgan fingerprint density at radius 2 is 2.17 bits per heavy atom. The van der Waals surface area contributed by atoms with Gasteiger partial charge in [0.15, 0.2) is 11.0 Å². The summed E-state index contributed by atoms with van der Waals surface area (Å²) in [5.41, 5.74) is 10.6. The van der Waals surface area contributed by atoms with Crippen LogP contribution >= 0.6 is 11.3 Å². The molecule has 11 heteroatoms. The maximum absolute atomic E-state index is 12.7. The molecule has 1 aliphatic heterocycles. The van der Waals surface area contributed by atoms with E-state index in [4.69, 9.17) is 11.5 Å². The predicted octanol–water partition coefficient (Wildman–Crippen LogP) is -0.583. The number of likely N-dealkylation sites (N-methyl/N-ethyl adjacent to an activating group) is 1. The molecule has 0 radical (unpaired) electrons. The average Bonchev–Trinajstić information content (AvgIpc) is 3.21. The fraction of sp³-hybridized carbons (Fsp3) is 0.611. The van der Waals surface area contributed by atoms with Gasteiger partial charge < -0.3 is 21.7 Å². The highest BCUT2D eigenvalue weighted by molar-refractivity contribution is 7.11. The zero-order valence-electron chi connectivity index (χ0n) is 16.8. The summed E-state index contributed by atoms with van der Waals surface area (Å²) in [4.78, 5) is 49.4. The second kappa shape index (κ2) is 10.9. The normalized spacial score (nSPS) is 18.3. The van der Waals surface area contributed by atoms with Gasteiger partial charge in [0.25, 0.3) is 0 Å². The first-order chi connectivity index (χ1) is 13.8. The Hall–Kier alpha value is -2.53. The number of carbonyl (C=O) groups excluding carboxylic acids is 3. The average molecular weight is 424 g/mol. The summed E-state index contributed by atoms with van der Waals surface area (Å²) in [6, 6.07) is -0.962. The third-order valence-electron chi connectivity index (χ3n) is 4.81. The summed E-state index contributed by atoms with van der Waals surface area (Å²) < 4.78 is 0. The van der Waals surface area contributed by atoms with E-state index in [1.54, 1.807) is 16.5 Å². The van der Waals surface area contributed by atoms with Gasteiger partial charge in [0, 0.05) is 31.2 Å². The second-order valence-electron chi connectivity index (χ2n) is 6.93. The number of nitrogens with zero attached hydrogens (tertiary/aromatic N) is 4. The quantitative estimate of drug-likeness (QED) is 0.197. The molecule has 2 amide bonds. The molecule has 1 fully saturated rings. The summed E-state index contributed by atoms with van der Waals surface area (Å²) in [7, 11) is 1.91. The number of aliphatic imine (C=N–C) groups is 1. The molecule has 0 unspecified atom stereocenters. The molecule has 0 aliphatic carbocycles. The number of Topliss-reactive ketones (excluding diaryl/α,β-unsaturated/α-hetero) is 1. The summed E-state index contributed by atoms with van der Waals surface area (Å²) in [6.07, 6.45) is 3.12. The summed E-state index contributed by atoms with van der Waals surface area (Å²) >= 11 is 1.22. The van der Waals surface area contributed by atoms with E-state index < -0.39 is 6.04 Å². The van der Waals surface area contributed by atoms with Gasteiger partial charge in [0.1, 0.15) is 0 Å². The molecule has 0 spiro atoms. The maximum atomic E-state index is 12.7. The number of carbonyl (C=O) groups is 3. The van der Waals surface area contributed by atoms with Crippen molar-refractivity contribution in [2.75, 3.05) is 33.2 Å². The SMILES string of the molecule is CC[C@H]1C(=O)N(CC(=O)N[C@@H](CCCN=C(N)N)C(=O)c2nccs2)CCN1C. The third-order valence-corrected chi connectivity index (χ3v) is 5.60. The molecule has 0 aromatic carbocycles. The van der Waals surface area contributed by atoms with Gasteiger partial charge in [-0.1, -0.05) is 6.92 Å². The van der Waals surface area contributed by atoms with Crippen LogP contribution in [0.1, 0.15) is 36.0 Å². The van der Waals surface area contributed by atoms with Crippen molar-refractivity contribution in [3.8, 4) is 0 Å². The molecule has 10 nitrogen and oxygen atoms in total. The molecule has 1 aliphatic rings. The Labute approximate surface area is 174 Å². The number of hydrogen-bond donors (Lipinski definition) is 3. The van der Waals surface area contributed by atoms with E-state index in [2.05, 4.69) is 15.3 Å². The Kier molecular flexibility index (Phi) is 8.52. The molecule has 29 heavy (non-hydrogen) atoms. The number of hydrogen-bond acceptors (Lipinski definition) is 7. The van der Waals surface area contributed by atoms with Crippen molar-refractivity contribution < 1.29 is 14.4 Å². The van der Waals surface area contributed by atoms with E-state index in [-0.39, 0.29) is 36.1 Å². The monoisotopic (exact) mass is 423 g/mol. The van der Waals surface area contributed by atoms with E-state index in [1.807, 2.05) is 18.9 Å². The second-order valence-corrected chi connectivity index (χ2v) is 7.83. The van der Waals surface area contributed by atoms with Crippen LogP contribution in [-0.4, -0.2) is 83.7 Å². The lowest BCUT2D eigenvalue weighted by Gasteiger charge is -2.38. The Morgan fingerprint density at radius 3 is 2.79 bits per heavy atom. The van der Waals surface area contributed by atoms with Gasteiger partial charge in [-0.05, 0) is 26.3 Å². The third kappa shape index (κ3) is 6.50. The molecule has 0 saturated carbocycles. The van der Waals surface area contributed by atoms with Crippen molar-refractivity contribution in [1.29, 1.82) is 0 Å². The van der Waals surface area contributed by atoms with Crippen LogP contribution in [0.3, 0.4) is 0 Å². The number of nitrogens with two attached hydrogens (primary N) is 2. The van der Waals surface area contributed by atoms with E-state index in [0.717, 1.165) is 0 Å². The number of thiazole rings is 1. The van der Waals surface area contributed by atoms with Gasteiger partial charge in [0.2, 0.25) is 17.6 Å². The highest BCUT2D eigenvalue weighted by atomic mass is 32.1. The van der Waals surface area contributed by atoms with Crippen LogP contribution in [0.15, 0.2) is 16.6 Å². The van der Waals surface area contributed by atoms with Gasteiger partial charge in [-0.25, -0.2) is 4.98 Å². The molecule has 2 atom stereocenters. The van der Waals surface area contributed by atoms with Crippen LogP contribution in [0.2, 0.25) is 0 Å². The number of aromatic nitrogens is 1. The van der Waals surface area contributed by atoms with Crippen molar-refractivity contribution in [2.24, 2.45) is 16.5 Å². The molecular weight excluding hydrogens is 394 g/mol. The van der Waals surface area contributed by atoms with Gasteiger partial charge in [0.05, 0.1) is 18.6 Å². The first-order valence-electron chi connectivity index (χ1n) is 9.61. The van der Waals surface area contributed by atoms with Crippen molar-refractivity contribution in [2.45, 2.75) is 38.3 Å². The lowest BCUT2D eigenvalue weighted by atomic mass is 10.1. The molecule has 1 aromatic rings. The zero-order chi connectivity index (χ0) is 21.4. The van der Waals surface area contributed by atoms with Gasteiger partial charge in [-0.2, -0.15) is 0 Å². The van der Waals surface area contributed by atoms with Gasteiger partial charge >= 0.3 is 0 Å². The fourth-order valence-electron chi connectivity index (χ4n) is 3.27. The predicted molar refractivity (Wildman–Crippen MR) is 112 cm³/mol. The Morgan fingerprint density at radius 1 is 1.41 bits per heavy atom. The van der Waals surface area contributed by atoms with Crippen LogP contribution in [-0.2, 0) is 9.59 Å². The minimum Gasteiger partial charge on any atom is -0.370 e. The highest BCUT2D eigenvalue weighted by Gasteiger charge is 2.33. The molecule has 1 saturated heterocycles. The lowest BCUT2D eigenvalue weighted by molar-refractivity contribution is -0.144. The molecule has 160 valence electrons. The molecular formula is C18H29N7O3S. The van der Waals surface area contributed by atoms with Crippen molar-refractivity contribution in [3.63, 3.8) is 0 Å². The van der Waals surface area contributed by atoms with Crippen LogP contribution < -0.4 is 16.8 Å². The van der Waals surface area contributed by atoms with Crippen LogP contribution in [0.25, 0.3) is 0 Å². The molecule has 2 heterocycles. The van der Waals surface area contributed by atoms with Crippen LogP contribution in [0, 0.1) is 0 Å². The summed E-state index contributed by atoms with van der Waals surface area (Å²) in [5, 5.41) is 4.80. The van der Waals surface area contributed by atoms with E-state index in [9.17, 15) is 14.4 Å². The number of guanidine groups is 1. The van der Waals surface area contributed by atoms with Gasteiger partial charge in [-0.15, -0.1) is 11.3 Å². The minimum absolute atomic E-state index is 0.0177. The Balaban J connectivity index is 1.99. The van der Waals surface area contributed by atoms with Crippen molar-refractivity contribution >= 4 is 34.9 Å². The number of amides is 2. The minimum atomic E-state index is -0.743. The first kappa shape index (κ1) is 22.8. The number of piperazine rings is 1. The fourth-order valence-corrected chi connectivity index (χ4v) is 3.90. The first-order valence-corrected chi connectivity index (χ1v) is 10.5. The molecule has 1 aromatic heterocycles. The molecule has 2 rings (SSSR count). The van der Waals surface area contributed by atoms with E-state index in [0.29, 0.717) is 43.9 Å². The maximum Gasteiger partial charge on any atom is 0.240 e. The standard InChI is InChI=1S/C18H29N7O3S/c1-3-13-17(28)25(9-8-24(13)2)11-14(26)23-12(5-4-6-22-18(19)20)15(27)16-21-7-10-29-16/h7,10,12-13H,3-6,8-9,11H2,1-2H3,(H,23,26)(H4,19,20,22)/t12-,13-/m0/s1. The van der Waals surface area contributed by atoms with E-state index in [1.165, 1.54) is 11.3 Å². The van der Waals surface area contributed by atoms with E-state index >= 15 is 0 Å². The number of rotatable bonds is 10.